The Bertz CT molecular complexity index is 1680. The maximum Gasteiger partial charge on any atom is 0.0600 e. The largest absolute Gasteiger partial charge is 0.364 e. The van der Waals surface area contributed by atoms with E-state index >= 15 is 0 Å². The van der Waals surface area contributed by atoms with E-state index in [1.807, 2.05) is 0 Å². The number of hydrogen-bond acceptors (Lipinski definition) is 2. The van der Waals surface area contributed by atoms with Gasteiger partial charge in [-0.05, 0) is 97.6 Å². The van der Waals surface area contributed by atoms with Gasteiger partial charge in [0.15, 0.2) is 0 Å². The molecule has 5 aliphatic rings. The van der Waals surface area contributed by atoms with E-state index in [4.69, 9.17) is 0 Å². The number of rotatable bonds is 6. The molecule has 2 heteroatoms. The molecule has 0 saturated heterocycles. The summed E-state index contributed by atoms with van der Waals surface area (Å²) in [5.74, 6) is 0. The predicted octanol–water partition coefficient (Wildman–Crippen LogP) is 10.3. The van der Waals surface area contributed by atoms with Crippen LogP contribution < -0.4 is 4.90 Å². The summed E-state index contributed by atoms with van der Waals surface area (Å²) in [5.41, 5.74) is 12.2. The smallest absolute Gasteiger partial charge is 0.0600 e. The fraction of sp³-hybridized carbons (Fsp3) is 0.238. The molecule has 2 nitrogen and oxygen atoms in total. The van der Waals surface area contributed by atoms with E-state index in [1.165, 1.54) is 50.5 Å². The van der Waals surface area contributed by atoms with Crippen molar-refractivity contribution in [1.82, 2.24) is 4.90 Å². The lowest BCUT2D eigenvalue weighted by molar-refractivity contribution is 0.297. The van der Waals surface area contributed by atoms with Crippen LogP contribution in [0.3, 0.4) is 0 Å². The lowest BCUT2D eigenvalue weighted by atomic mass is 9.86. The third kappa shape index (κ3) is 5.82. The maximum atomic E-state index is 2.66. The van der Waals surface area contributed by atoms with E-state index in [2.05, 4.69) is 156 Å². The molecule has 0 fully saturated rings. The van der Waals surface area contributed by atoms with Gasteiger partial charge in [0.2, 0.25) is 0 Å². The average Bonchev–Trinajstić information content (AvgIpc) is 3.09. The number of nitrogens with zero attached hydrogens (tertiary/aromatic N) is 2. The average molecular weight is 575 g/mol. The topological polar surface area (TPSA) is 6.48 Å². The van der Waals surface area contributed by atoms with Crippen LogP contribution in [0.15, 0.2) is 162 Å². The lowest BCUT2D eigenvalue weighted by Gasteiger charge is -2.43. The Morgan fingerprint density at radius 1 is 0.727 bits per heavy atom. The second kappa shape index (κ2) is 13.0. The molecule has 220 valence electrons. The first-order valence-corrected chi connectivity index (χ1v) is 16.3. The monoisotopic (exact) mass is 574 g/mol. The normalized spacial score (nSPS) is 24.8. The van der Waals surface area contributed by atoms with E-state index < -0.39 is 0 Å². The van der Waals surface area contributed by atoms with Gasteiger partial charge in [0.25, 0.3) is 0 Å². The van der Waals surface area contributed by atoms with Gasteiger partial charge < -0.3 is 9.80 Å². The number of benzene rings is 2. The summed E-state index contributed by atoms with van der Waals surface area (Å²) in [7, 11) is 0. The standard InChI is InChI=1S/C42H42N2/c1-32-14-11-12-31-43(37-19-9-4-10-20-37)40-21-13-22-41(42(32)40)44(38-27-23-35(24-28-38)33-15-5-2-6-16-33)39-29-25-36(26-30-39)34-17-7-3-8-18-34/h2-7,9,11-17,19,22-27,29-30,38,40H,8,10,18,20-21,28,31H2,1H3/b12-11-,32-14+. The van der Waals surface area contributed by atoms with Crippen molar-refractivity contribution in [2.24, 2.45) is 0 Å². The summed E-state index contributed by atoms with van der Waals surface area (Å²) < 4.78 is 0. The molecule has 7 rings (SSSR count). The van der Waals surface area contributed by atoms with Crippen LogP contribution in [0.1, 0.15) is 56.6 Å². The quantitative estimate of drug-likeness (QED) is 0.339. The zero-order chi connectivity index (χ0) is 29.7. The van der Waals surface area contributed by atoms with Crippen LogP contribution in [0.2, 0.25) is 0 Å². The summed E-state index contributed by atoms with van der Waals surface area (Å²) in [6.07, 6.45) is 38.9. The van der Waals surface area contributed by atoms with E-state index in [1.54, 1.807) is 0 Å². The molecule has 0 radical (unpaired) electrons. The Morgan fingerprint density at radius 2 is 1.52 bits per heavy atom. The summed E-state index contributed by atoms with van der Waals surface area (Å²) in [6, 6.07) is 20.6. The van der Waals surface area contributed by atoms with Crippen molar-refractivity contribution in [3.8, 4) is 0 Å². The molecule has 1 heterocycles. The molecule has 0 N–H and O–H groups in total. The molecule has 0 amide bonds. The first kappa shape index (κ1) is 28.2. The van der Waals surface area contributed by atoms with Crippen LogP contribution in [0, 0.1) is 0 Å². The molecule has 0 bridgehead atoms. The van der Waals surface area contributed by atoms with E-state index in [0.29, 0.717) is 6.04 Å². The van der Waals surface area contributed by atoms with Crippen molar-refractivity contribution in [2.75, 3.05) is 11.4 Å². The highest BCUT2D eigenvalue weighted by Gasteiger charge is 2.33. The second-order valence-corrected chi connectivity index (χ2v) is 12.3. The van der Waals surface area contributed by atoms with Crippen LogP contribution in [0.4, 0.5) is 5.69 Å². The number of fused-ring (bicyclic) bond motifs is 1. The molecule has 0 saturated carbocycles. The molecule has 1 aliphatic heterocycles. The van der Waals surface area contributed by atoms with Crippen molar-refractivity contribution in [2.45, 2.75) is 57.5 Å². The third-order valence-corrected chi connectivity index (χ3v) is 9.50. The van der Waals surface area contributed by atoms with Gasteiger partial charge in [-0.25, -0.2) is 0 Å². The third-order valence-electron chi connectivity index (χ3n) is 9.50. The van der Waals surface area contributed by atoms with Gasteiger partial charge in [-0.3, -0.25) is 0 Å². The minimum absolute atomic E-state index is 0.218. The molecule has 2 unspecified atom stereocenters. The molecule has 2 aromatic carbocycles. The Hall–Kier alpha value is -4.56. The molecule has 2 atom stereocenters. The highest BCUT2D eigenvalue weighted by Crippen LogP contribution is 2.40. The summed E-state index contributed by atoms with van der Waals surface area (Å²) >= 11 is 0. The Morgan fingerprint density at radius 3 is 2.25 bits per heavy atom. The molecule has 0 spiro atoms. The SMILES string of the molecule is C/C1=C\C=C/CN(C2=CC=CCC2)C2CC=CC(N(c3ccc(C4=CC=CCC4)cc3)C3C=CC(c4ccccc4)=CC3)=C12. The minimum Gasteiger partial charge on any atom is -0.364 e. The molecule has 2 aromatic rings. The highest BCUT2D eigenvalue weighted by atomic mass is 15.2. The molecular weight excluding hydrogens is 532 g/mol. The van der Waals surface area contributed by atoms with E-state index in [0.717, 1.165) is 45.1 Å². The Balaban J connectivity index is 1.32. The second-order valence-electron chi connectivity index (χ2n) is 12.3. The van der Waals surface area contributed by atoms with Crippen LogP contribution >= 0.6 is 0 Å². The zero-order valence-corrected chi connectivity index (χ0v) is 25.8. The summed E-state index contributed by atoms with van der Waals surface area (Å²) in [6.45, 7) is 3.24. The summed E-state index contributed by atoms with van der Waals surface area (Å²) in [5, 5.41) is 0. The zero-order valence-electron chi connectivity index (χ0n) is 25.8. The van der Waals surface area contributed by atoms with Crippen molar-refractivity contribution in [3.63, 3.8) is 0 Å². The van der Waals surface area contributed by atoms with Gasteiger partial charge in [0, 0.05) is 29.2 Å². The minimum atomic E-state index is 0.218. The van der Waals surface area contributed by atoms with Gasteiger partial charge in [-0.2, -0.15) is 0 Å². The fourth-order valence-corrected chi connectivity index (χ4v) is 7.23. The summed E-state index contributed by atoms with van der Waals surface area (Å²) in [4.78, 5) is 5.27. The molecule has 44 heavy (non-hydrogen) atoms. The number of anilines is 1. The number of allylic oxidation sites excluding steroid dienone is 13. The van der Waals surface area contributed by atoms with Gasteiger partial charge in [-0.15, -0.1) is 0 Å². The Kier molecular flexibility index (Phi) is 8.32. The van der Waals surface area contributed by atoms with Crippen molar-refractivity contribution < 1.29 is 0 Å². The van der Waals surface area contributed by atoms with Crippen molar-refractivity contribution >= 4 is 16.8 Å². The van der Waals surface area contributed by atoms with Gasteiger partial charge in [0.05, 0.1) is 12.1 Å². The Labute approximate surface area is 263 Å². The van der Waals surface area contributed by atoms with E-state index in [9.17, 15) is 0 Å². The van der Waals surface area contributed by atoms with Crippen molar-refractivity contribution in [1.29, 1.82) is 0 Å². The van der Waals surface area contributed by atoms with E-state index in [-0.39, 0.29) is 6.04 Å². The van der Waals surface area contributed by atoms with Crippen LogP contribution in [0.25, 0.3) is 11.1 Å². The van der Waals surface area contributed by atoms with Crippen molar-refractivity contribution in [3.05, 3.63) is 173 Å². The molecular formula is C42H42N2. The fourth-order valence-electron chi connectivity index (χ4n) is 7.23. The van der Waals surface area contributed by atoms with Crippen LogP contribution in [-0.2, 0) is 0 Å². The number of hydrogen-bond donors (Lipinski definition) is 0. The van der Waals surface area contributed by atoms with Crippen LogP contribution in [-0.4, -0.2) is 23.5 Å². The highest BCUT2D eigenvalue weighted by molar-refractivity contribution is 5.76. The van der Waals surface area contributed by atoms with Gasteiger partial charge >= 0.3 is 0 Å². The predicted molar refractivity (Wildman–Crippen MR) is 188 cm³/mol. The lowest BCUT2D eigenvalue weighted by Crippen LogP contribution is -2.42. The van der Waals surface area contributed by atoms with Gasteiger partial charge in [-0.1, -0.05) is 115 Å². The maximum absolute atomic E-state index is 2.66. The van der Waals surface area contributed by atoms with Crippen LogP contribution in [0.5, 0.6) is 0 Å². The first-order chi connectivity index (χ1) is 21.8. The van der Waals surface area contributed by atoms with Gasteiger partial charge in [0.1, 0.15) is 0 Å². The molecule has 4 aliphatic carbocycles. The molecule has 0 aromatic heterocycles. The first-order valence-electron chi connectivity index (χ1n) is 16.3.